The Morgan fingerprint density at radius 3 is 3.12 bits per heavy atom. The normalized spacial score (nSPS) is 18.3. The van der Waals surface area contributed by atoms with Crippen molar-refractivity contribution in [1.29, 1.82) is 0 Å². The number of imidazole rings is 1. The van der Waals surface area contributed by atoms with Crippen LogP contribution in [0.2, 0.25) is 0 Å². The summed E-state index contributed by atoms with van der Waals surface area (Å²) in [5.74, 6) is 0.922. The van der Waals surface area contributed by atoms with Crippen molar-refractivity contribution >= 4 is 5.69 Å². The predicted octanol–water partition coefficient (Wildman–Crippen LogP) is 1.29. The van der Waals surface area contributed by atoms with E-state index in [1.165, 1.54) is 6.20 Å². The minimum Gasteiger partial charge on any atom is -0.333 e. The minimum atomic E-state index is -0.403. The molecule has 0 saturated carbocycles. The molecule has 88 valence electrons. The predicted molar refractivity (Wildman–Crippen MR) is 58.6 cm³/mol. The molecule has 1 aliphatic heterocycles. The molecule has 17 heavy (non-hydrogen) atoms. The third-order valence-corrected chi connectivity index (χ3v) is 3.20. The Kier molecular flexibility index (Phi) is 2.01. The summed E-state index contributed by atoms with van der Waals surface area (Å²) < 4.78 is 3.75. The molecule has 7 nitrogen and oxygen atoms in total. The summed E-state index contributed by atoms with van der Waals surface area (Å²) >= 11 is 0. The van der Waals surface area contributed by atoms with E-state index < -0.39 is 4.92 Å². The molecule has 1 atom stereocenters. The zero-order valence-electron chi connectivity index (χ0n) is 9.28. The van der Waals surface area contributed by atoms with Crippen molar-refractivity contribution < 1.29 is 4.92 Å². The Labute approximate surface area is 96.8 Å². The van der Waals surface area contributed by atoms with E-state index in [9.17, 15) is 10.1 Å². The van der Waals surface area contributed by atoms with E-state index in [-0.39, 0.29) is 11.7 Å². The van der Waals surface area contributed by atoms with Crippen LogP contribution in [0.1, 0.15) is 24.0 Å². The second kappa shape index (κ2) is 3.41. The van der Waals surface area contributed by atoms with E-state index >= 15 is 0 Å². The van der Waals surface area contributed by atoms with Gasteiger partial charge in [0, 0.05) is 18.9 Å². The molecule has 0 spiro atoms. The van der Waals surface area contributed by atoms with Gasteiger partial charge in [0.15, 0.2) is 0 Å². The van der Waals surface area contributed by atoms with E-state index in [4.69, 9.17) is 0 Å². The van der Waals surface area contributed by atoms with Crippen LogP contribution < -0.4 is 0 Å². The largest absolute Gasteiger partial charge is 0.333 e. The summed E-state index contributed by atoms with van der Waals surface area (Å²) in [6, 6.07) is 0.0127. The number of rotatable bonds is 2. The van der Waals surface area contributed by atoms with Crippen LogP contribution in [0.4, 0.5) is 5.69 Å². The fourth-order valence-corrected chi connectivity index (χ4v) is 2.34. The van der Waals surface area contributed by atoms with Crippen molar-refractivity contribution in [1.82, 2.24) is 19.3 Å². The lowest BCUT2D eigenvalue weighted by Crippen LogP contribution is -2.12. The maximum absolute atomic E-state index is 10.8. The molecule has 0 bridgehead atoms. The third-order valence-electron chi connectivity index (χ3n) is 3.20. The van der Waals surface area contributed by atoms with Gasteiger partial charge in [-0.1, -0.05) is 0 Å². The van der Waals surface area contributed by atoms with Gasteiger partial charge in [-0.25, -0.2) is 4.98 Å². The summed E-state index contributed by atoms with van der Waals surface area (Å²) in [6.45, 7) is 2.60. The molecule has 1 unspecified atom stereocenters. The first-order valence-corrected chi connectivity index (χ1v) is 5.38. The Morgan fingerprint density at radius 1 is 1.59 bits per heavy atom. The quantitative estimate of drug-likeness (QED) is 0.578. The molecule has 0 aromatic carbocycles. The van der Waals surface area contributed by atoms with Crippen LogP contribution in [-0.4, -0.2) is 24.3 Å². The van der Waals surface area contributed by atoms with Crippen LogP contribution in [-0.2, 0) is 6.54 Å². The van der Waals surface area contributed by atoms with Crippen molar-refractivity contribution in [3.8, 4) is 0 Å². The molecule has 0 N–H and O–H groups in total. The van der Waals surface area contributed by atoms with Gasteiger partial charge in [-0.05, 0) is 13.3 Å². The monoisotopic (exact) mass is 233 g/mol. The second-order valence-electron chi connectivity index (χ2n) is 4.10. The molecule has 0 radical (unpaired) electrons. The highest BCUT2D eigenvalue weighted by molar-refractivity contribution is 5.32. The van der Waals surface area contributed by atoms with Crippen LogP contribution in [0, 0.1) is 17.0 Å². The van der Waals surface area contributed by atoms with E-state index in [0.29, 0.717) is 5.69 Å². The van der Waals surface area contributed by atoms with Gasteiger partial charge in [-0.15, -0.1) is 0 Å². The van der Waals surface area contributed by atoms with E-state index in [2.05, 4.69) is 14.6 Å². The lowest BCUT2D eigenvalue weighted by molar-refractivity contribution is -0.385. The molecule has 0 saturated heterocycles. The molecule has 0 aliphatic carbocycles. The standard InChI is InChI=1S/C10H11N5O2/c1-7-9(15(16)17)6-12-14(7)8-2-4-13-5-3-11-10(8)13/h3,5-6,8H,2,4H2,1H3. The third kappa shape index (κ3) is 1.35. The second-order valence-corrected chi connectivity index (χ2v) is 4.10. The molecule has 0 fully saturated rings. The number of nitro groups is 1. The van der Waals surface area contributed by atoms with Crippen molar-refractivity contribution in [3.05, 3.63) is 40.2 Å². The molecule has 0 amide bonds. The maximum Gasteiger partial charge on any atom is 0.309 e. The van der Waals surface area contributed by atoms with Gasteiger partial charge >= 0.3 is 5.69 Å². The first kappa shape index (κ1) is 10.0. The molecular weight excluding hydrogens is 222 g/mol. The summed E-state index contributed by atoms with van der Waals surface area (Å²) in [5.41, 5.74) is 0.645. The first-order valence-electron chi connectivity index (χ1n) is 5.38. The van der Waals surface area contributed by atoms with Gasteiger partial charge in [0.2, 0.25) is 0 Å². The van der Waals surface area contributed by atoms with Crippen molar-refractivity contribution in [2.75, 3.05) is 0 Å². The summed E-state index contributed by atoms with van der Waals surface area (Å²) in [5, 5.41) is 14.9. The van der Waals surface area contributed by atoms with Crippen LogP contribution in [0.3, 0.4) is 0 Å². The highest BCUT2D eigenvalue weighted by Gasteiger charge is 2.29. The molecule has 3 rings (SSSR count). The van der Waals surface area contributed by atoms with E-state index in [1.807, 2.05) is 6.20 Å². The topological polar surface area (TPSA) is 78.8 Å². The van der Waals surface area contributed by atoms with Crippen molar-refractivity contribution in [2.24, 2.45) is 0 Å². The summed E-state index contributed by atoms with van der Waals surface area (Å²) in [7, 11) is 0. The smallest absolute Gasteiger partial charge is 0.309 e. The van der Waals surface area contributed by atoms with E-state index in [1.54, 1.807) is 17.8 Å². The number of nitrogens with zero attached hydrogens (tertiary/aromatic N) is 5. The van der Waals surface area contributed by atoms with Crippen LogP contribution in [0.25, 0.3) is 0 Å². The Balaban J connectivity index is 2.04. The van der Waals surface area contributed by atoms with Crippen LogP contribution in [0.5, 0.6) is 0 Å². The first-order chi connectivity index (χ1) is 8.18. The van der Waals surface area contributed by atoms with Crippen molar-refractivity contribution in [3.63, 3.8) is 0 Å². The lowest BCUT2D eigenvalue weighted by atomic mass is 10.2. The fraction of sp³-hybridized carbons (Fsp3) is 0.400. The summed E-state index contributed by atoms with van der Waals surface area (Å²) in [4.78, 5) is 14.7. The number of hydrogen-bond acceptors (Lipinski definition) is 4. The van der Waals surface area contributed by atoms with Gasteiger partial charge in [-0.3, -0.25) is 14.8 Å². The molecule has 1 aliphatic rings. The van der Waals surface area contributed by atoms with Gasteiger partial charge in [0.25, 0.3) is 0 Å². The Hall–Kier alpha value is -2.18. The number of hydrogen-bond donors (Lipinski definition) is 0. The number of fused-ring (bicyclic) bond motifs is 1. The SMILES string of the molecule is Cc1c([N+](=O)[O-])cnn1C1CCn2ccnc21. The van der Waals surface area contributed by atoms with Crippen LogP contribution >= 0.6 is 0 Å². The molecule has 2 aromatic rings. The zero-order valence-corrected chi connectivity index (χ0v) is 9.28. The van der Waals surface area contributed by atoms with E-state index in [0.717, 1.165) is 18.8 Å². The Bertz CT molecular complexity index is 585. The van der Waals surface area contributed by atoms with Gasteiger partial charge in [0.1, 0.15) is 23.8 Å². The van der Waals surface area contributed by atoms with Crippen LogP contribution in [0.15, 0.2) is 18.6 Å². The average molecular weight is 233 g/mol. The number of aromatic nitrogens is 4. The van der Waals surface area contributed by atoms with Gasteiger partial charge in [0.05, 0.1) is 4.92 Å². The summed E-state index contributed by atoms with van der Waals surface area (Å²) in [6.07, 6.45) is 5.85. The fourth-order valence-electron chi connectivity index (χ4n) is 2.34. The zero-order chi connectivity index (χ0) is 12.0. The lowest BCUT2D eigenvalue weighted by Gasteiger charge is -2.10. The van der Waals surface area contributed by atoms with Gasteiger partial charge in [-0.2, -0.15) is 5.10 Å². The van der Waals surface area contributed by atoms with Gasteiger partial charge < -0.3 is 4.57 Å². The average Bonchev–Trinajstić information content (AvgIpc) is 2.91. The molecule has 7 heteroatoms. The highest BCUT2D eigenvalue weighted by Crippen LogP contribution is 2.30. The maximum atomic E-state index is 10.8. The number of aryl methyl sites for hydroxylation is 1. The van der Waals surface area contributed by atoms with Crippen molar-refractivity contribution in [2.45, 2.75) is 25.9 Å². The highest BCUT2D eigenvalue weighted by atomic mass is 16.6. The Morgan fingerprint density at radius 2 is 2.41 bits per heavy atom. The minimum absolute atomic E-state index is 0.0127. The molecule has 3 heterocycles. The molecular formula is C10H11N5O2. The molecule has 2 aromatic heterocycles.